The van der Waals surface area contributed by atoms with Crippen molar-refractivity contribution in [1.82, 2.24) is 9.62 Å². The molecule has 0 spiro atoms. The summed E-state index contributed by atoms with van der Waals surface area (Å²) in [7, 11) is -3.46. The Hall–Kier alpha value is -1.74. The van der Waals surface area contributed by atoms with Crippen molar-refractivity contribution in [2.75, 3.05) is 12.3 Å². The predicted octanol–water partition coefficient (Wildman–Crippen LogP) is 2.11. The minimum Gasteiger partial charge on any atom is -0.434 e. The number of benzene rings is 1. The molecule has 9 heteroatoms. The third kappa shape index (κ3) is 5.12. The summed E-state index contributed by atoms with van der Waals surface area (Å²) in [5, 5.41) is 2.63. The molecule has 1 aliphatic heterocycles. The number of sulfonamides is 1. The summed E-state index contributed by atoms with van der Waals surface area (Å²) in [4.78, 5) is 12.4. The Labute approximate surface area is 146 Å². The van der Waals surface area contributed by atoms with Crippen molar-refractivity contribution in [2.24, 2.45) is 0 Å². The first kappa shape index (κ1) is 19.6. The van der Waals surface area contributed by atoms with Crippen LogP contribution in [0.15, 0.2) is 24.3 Å². The van der Waals surface area contributed by atoms with E-state index in [-0.39, 0.29) is 18.0 Å². The molecule has 1 unspecified atom stereocenters. The molecule has 0 aromatic heterocycles. The molecule has 1 atom stereocenters. The minimum atomic E-state index is -3.46. The fraction of sp³-hybridized carbons (Fsp3) is 0.562. The van der Waals surface area contributed by atoms with E-state index in [9.17, 15) is 22.0 Å². The first-order chi connectivity index (χ1) is 11.8. The van der Waals surface area contributed by atoms with E-state index in [0.717, 1.165) is 0 Å². The van der Waals surface area contributed by atoms with Gasteiger partial charge in [0.1, 0.15) is 11.8 Å². The van der Waals surface area contributed by atoms with Crippen LogP contribution in [0.4, 0.5) is 8.78 Å². The van der Waals surface area contributed by atoms with Gasteiger partial charge in [-0.05, 0) is 25.3 Å². The van der Waals surface area contributed by atoms with Crippen molar-refractivity contribution in [2.45, 2.75) is 45.4 Å². The number of para-hydroxylation sites is 1. The van der Waals surface area contributed by atoms with Crippen LogP contribution >= 0.6 is 0 Å². The van der Waals surface area contributed by atoms with Crippen LogP contribution in [-0.2, 0) is 21.4 Å². The average Bonchev–Trinajstić information content (AvgIpc) is 3.04. The van der Waals surface area contributed by atoms with Gasteiger partial charge in [0.15, 0.2) is 0 Å². The van der Waals surface area contributed by atoms with Crippen LogP contribution in [0.3, 0.4) is 0 Å². The Bertz CT molecular complexity index is 697. The number of carbonyl (C=O) groups is 1. The molecule has 25 heavy (non-hydrogen) atoms. The maximum atomic E-state index is 12.4. The van der Waals surface area contributed by atoms with E-state index in [1.807, 2.05) is 0 Å². The quantitative estimate of drug-likeness (QED) is 0.754. The third-order valence-corrected chi connectivity index (χ3v) is 6.04. The largest absolute Gasteiger partial charge is 0.434 e. The number of rotatable bonds is 8. The van der Waals surface area contributed by atoms with Gasteiger partial charge in [-0.1, -0.05) is 25.1 Å². The first-order valence-corrected chi connectivity index (χ1v) is 9.76. The second-order valence-corrected chi connectivity index (χ2v) is 7.83. The molecule has 1 aromatic rings. The zero-order valence-corrected chi connectivity index (χ0v) is 14.8. The number of carbonyl (C=O) groups excluding carboxylic acids is 1. The fourth-order valence-electron chi connectivity index (χ4n) is 2.87. The van der Waals surface area contributed by atoms with Crippen molar-refractivity contribution in [1.29, 1.82) is 0 Å². The van der Waals surface area contributed by atoms with Gasteiger partial charge >= 0.3 is 6.61 Å². The van der Waals surface area contributed by atoms with Crippen molar-refractivity contribution in [3.63, 3.8) is 0 Å². The minimum absolute atomic E-state index is 0.00183. The van der Waals surface area contributed by atoms with E-state index in [4.69, 9.17) is 0 Å². The van der Waals surface area contributed by atoms with Crippen molar-refractivity contribution in [3.8, 4) is 5.75 Å². The normalized spacial score (nSPS) is 18.5. The summed E-state index contributed by atoms with van der Waals surface area (Å²) in [6.45, 7) is -0.880. The second kappa shape index (κ2) is 8.57. The summed E-state index contributed by atoms with van der Waals surface area (Å²) in [5.74, 6) is -0.439. The standard InChI is InChI=1S/C16H22F2N2O4S/c1-2-10-25(22,23)20-9-5-7-13(20)15(21)19-11-12-6-3-4-8-14(12)24-16(17)18/h3-4,6,8,13,16H,2,5,7,9-11H2,1H3,(H,19,21). The lowest BCUT2D eigenvalue weighted by atomic mass is 10.2. The lowest BCUT2D eigenvalue weighted by Crippen LogP contribution is -2.46. The molecule has 1 saturated heterocycles. The summed E-state index contributed by atoms with van der Waals surface area (Å²) in [6.07, 6.45) is 1.54. The van der Waals surface area contributed by atoms with Crippen LogP contribution in [0.5, 0.6) is 5.75 Å². The van der Waals surface area contributed by atoms with Crippen LogP contribution in [0.2, 0.25) is 0 Å². The van der Waals surface area contributed by atoms with E-state index >= 15 is 0 Å². The maximum absolute atomic E-state index is 12.4. The molecule has 6 nitrogen and oxygen atoms in total. The van der Waals surface area contributed by atoms with Crippen molar-refractivity contribution in [3.05, 3.63) is 29.8 Å². The smallest absolute Gasteiger partial charge is 0.387 e. The monoisotopic (exact) mass is 376 g/mol. The van der Waals surface area contributed by atoms with E-state index in [1.165, 1.54) is 10.4 Å². The molecule has 0 saturated carbocycles. The highest BCUT2D eigenvalue weighted by Crippen LogP contribution is 2.23. The molecular formula is C16H22F2N2O4S. The zero-order chi connectivity index (χ0) is 18.4. The third-order valence-electron chi connectivity index (χ3n) is 3.97. The van der Waals surface area contributed by atoms with E-state index < -0.39 is 28.6 Å². The molecule has 0 radical (unpaired) electrons. The predicted molar refractivity (Wildman–Crippen MR) is 88.7 cm³/mol. The molecule has 1 heterocycles. The molecule has 140 valence electrons. The Balaban J connectivity index is 2.03. The number of amides is 1. The number of nitrogens with zero attached hydrogens (tertiary/aromatic N) is 1. The van der Waals surface area contributed by atoms with Gasteiger partial charge in [0.2, 0.25) is 15.9 Å². The molecular weight excluding hydrogens is 354 g/mol. The maximum Gasteiger partial charge on any atom is 0.387 e. The number of nitrogens with one attached hydrogen (secondary N) is 1. The molecule has 1 fully saturated rings. The first-order valence-electron chi connectivity index (χ1n) is 8.15. The molecule has 0 aliphatic carbocycles. The summed E-state index contributed by atoms with van der Waals surface area (Å²) in [5.41, 5.74) is 0.400. The highest BCUT2D eigenvalue weighted by atomic mass is 32.2. The Morgan fingerprint density at radius 3 is 2.80 bits per heavy atom. The van der Waals surface area contributed by atoms with Crippen LogP contribution in [-0.4, -0.2) is 43.6 Å². The van der Waals surface area contributed by atoms with Gasteiger partial charge in [-0.2, -0.15) is 13.1 Å². The van der Waals surface area contributed by atoms with Crippen LogP contribution in [0, 0.1) is 0 Å². The average molecular weight is 376 g/mol. The molecule has 1 N–H and O–H groups in total. The van der Waals surface area contributed by atoms with Crippen LogP contribution in [0.25, 0.3) is 0 Å². The molecule has 2 rings (SSSR count). The number of hydrogen-bond acceptors (Lipinski definition) is 4. The van der Waals surface area contributed by atoms with E-state index in [1.54, 1.807) is 25.1 Å². The molecule has 1 aliphatic rings. The number of alkyl halides is 2. The Morgan fingerprint density at radius 1 is 1.40 bits per heavy atom. The number of ether oxygens (including phenoxy) is 1. The van der Waals surface area contributed by atoms with Gasteiger partial charge in [0.25, 0.3) is 0 Å². The number of hydrogen-bond donors (Lipinski definition) is 1. The lowest BCUT2D eigenvalue weighted by molar-refractivity contribution is -0.124. The summed E-state index contributed by atoms with van der Waals surface area (Å²) in [6, 6.07) is 5.41. The zero-order valence-electron chi connectivity index (χ0n) is 14.0. The highest BCUT2D eigenvalue weighted by Gasteiger charge is 2.37. The van der Waals surface area contributed by atoms with Gasteiger partial charge < -0.3 is 10.1 Å². The summed E-state index contributed by atoms with van der Waals surface area (Å²) >= 11 is 0. The van der Waals surface area contributed by atoms with E-state index in [2.05, 4.69) is 10.1 Å². The van der Waals surface area contributed by atoms with Gasteiger partial charge in [-0.15, -0.1) is 0 Å². The SMILES string of the molecule is CCCS(=O)(=O)N1CCCC1C(=O)NCc1ccccc1OC(F)F. The number of halogens is 2. The molecule has 0 bridgehead atoms. The Morgan fingerprint density at radius 2 is 2.12 bits per heavy atom. The topological polar surface area (TPSA) is 75.7 Å². The summed E-state index contributed by atoms with van der Waals surface area (Å²) < 4.78 is 55.0. The van der Waals surface area contributed by atoms with Gasteiger partial charge in [0, 0.05) is 18.7 Å². The van der Waals surface area contributed by atoms with Crippen LogP contribution < -0.4 is 10.1 Å². The van der Waals surface area contributed by atoms with Gasteiger partial charge in [-0.3, -0.25) is 4.79 Å². The Kier molecular flexibility index (Phi) is 6.71. The highest BCUT2D eigenvalue weighted by molar-refractivity contribution is 7.89. The molecule has 1 aromatic carbocycles. The molecule has 1 amide bonds. The fourth-order valence-corrected chi connectivity index (χ4v) is 4.62. The van der Waals surface area contributed by atoms with E-state index in [0.29, 0.717) is 31.4 Å². The van der Waals surface area contributed by atoms with Gasteiger partial charge in [-0.25, -0.2) is 8.42 Å². The van der Waals surface area contributed by atoms with Gasteiger partial charge in [0.05, 0.1) is 5.75 Å². The van der Waals surface area contributed by atoms with Crippen LogP contribution in [0.1, 0.15) is 31.7 Å². The lowest BCUT2D eigenvalue weighted by Gasteiger charge is -2.23. The van der Waals surface area contributed by atoms with Crippen molar-refractivity contribution >= 4 is 15.9 Å². The van der Waals surface area contributed by atoms with Crippen molar-refractivity contribution < 1.29 is 26.7 Å². The second-order valence-electron chi connectivity index (χ2n) is 5.79.